The van der Waals surface area contributed by atoms with E-state index < -0.39 is 30.5 Å². The number of oxazole rings is 1. The summed E-state index contributed by atoms with van der Waals surface area (Å²) in [6, 6.07) is 13.0. The van der Waals surface area contributed by atoms with Crippen molar-refractivity contribution in [1.82, 2.24) is 9.88 Å². The van der Waals surface area contributed by atoms with Gasteiger partial charge in [0, 0.05) is 0 Å². The molecule has 33 heavy (non-hydrogen) atoms. The van der Waals surface area contributed by atoms with E-state index in [1.807, 2.05) is 30.3 Å². The molecule has 0 bridgehead atoms. The maximum atomic E-state index is 12.8. The van der Waals surface area contributed by atoms with E-state index in [0.717, 1.165) is 27.3 Å². The molecule has 0 saturated heterocycles. The van der Waals surface area contributed by atoms with E-state index >= 15 is 0 Å². The van der Waals surface area contributed by atoms with Crippen LogP contribution in [0.4, 0.5) is 13.2 Å². The molecule has 0 aliphatic rings. The zero-order valence-electron chi connectivity index (χ0n) is 18.8. The summed E-state index contributed by atoms with van der Waals surface area (Å²) >= 11 is -2.81. The molecule has 0 radical (unpaired) electrons. The van der Waals surface area contributed by atoms with Gasteiger partial charge in [-0.2, -0.15) is 0 Å². The predicted octanol–water partition coefficient (Wildman–Crippen LogP) is 4.12. The molecule has 0 spiro atoms. The van der Waals surface area contributed by atoms with E-state index in [2.05, 4.69) is 24.9 Å². The number of nitrogens with zero attached hydrogens (tertiary/aromatic N) is 3. The fourth-order valence-electron chi connectivity index (χ4n) is 3.57. The van der Waals surface area contributed by atoms with Gasteiger partial charge in [0.05, 0.1) is 0 Å². The Kier molecular flexibility index (Phi) is 7.20. The van der Waals surface area contributed by atoms with Crippen LogP contribution in [0.15, 0.2) is 64.6 Å². The zero-order chi connectivity index (χ0) is 24.4. The average molecular weight is 565 g/mol. The molecule has 174 valence electrons. The fourth-order valence-corrected chi connectivity index (χ4v) is 8.46. The second kappa shape index (κ2) is 9.58. The number of amides is 1. The molecule has 1 heterocycles. The van der Waals surface area contributed by atoms with Gasteiger partial charge < -0.3 is 0 Å². The summed E-state index contributed by atoms with van der Waals surface area (Å²) < 4.78 is 44.8. The molecule has 0 unspecified atom stereocenters. The third-order valence-electron chi connectivity index (χ3n) is 5.19. The molecular formula is C23H25F3N4O2Sn. The number of nitrogens with two attached hydrogens (primary N) is 1. The van der Waals surface area contributed by atoms with Crippen molar-refractivity contribution in [1.29, 1.82) is 0 Å². The molecule has 1 amide bonds. The molecular weight excluding hydrogens is 540 g/mol. The van der Waals surface area contributed by atoms with E-state index in [9.17, 15) is 18.0 Å². The number of rotatable bonds is 6. The van der Waals surface area contributed by atoms with Gasteiger partial charge in [-0.3, -0.25) is 0 Å². The van der Waals surface area contributed by atoms with E-state index in [-0.39, 0.29) is 6.54 Å². The Morgan fingerprint density at radius 3 is 2.27 bits per heavy atom. The fraction of sp³-hybridized carbons (Fsp3) is 0.261. The molecule has 10 heteroatoms. The first-order valence-corrected chi connectivity index (χ1v) is 20.1. The van der Waals surface area contributed by atoms with E-state index in [4.69, 9.17) is 10.3 Å². The monoisotopic (exact) mass is 566 g/mol. The number of hydrazone groups is 1. The first kappa shape index (κ1) is 24.8. The van der Waals surface area contributed by atoms with Crippen molar-refractivity contribution in [3.63, 3.8) is 0 Å². The van der Waals surface area contributed by atoms with Crippen molar-refractivity contribution in [2.45, 2.75) is 27.5 Å². The van der Waals surface area contributed by atoms with E-state index in [1.54, 1.807) is 18.3 Å². The molecule has 0 saturated carbocycles. The van der Waals surface area contributed by atoms with Crippen molar-refractivity contribution < 1.29 is 22.4 Å². The number of carbonyl (C=O) groups excluding carboxylic acids is 1. The number of alkyl halides is 3. The van der Waals surface area contributed by atoms with Crippen LogP contribution in [0.25, 0.3) is 11.3 Å². The zero-order valence-corrected chi connectivity index (χ0v) is 21.6. The molecule has 3 rings (SSSR count). The predicted molar refractivity (Wildman–Crippen MR) is 124 cm³/mol. The van der Waals surface area contributed by atoms with Crippen LogP contribution < -0.4 is 9.42 Å². The first-order chi connectivity index (χ1) is 15.4. The van der Waals surface area contributed by atoms with Gasteiger partial charge in [0.2, 0.25) is 0 Å². The van der Waals surface area contributed by atoms with Crippen molar-refractivity contribution in [2.24, 2.45) is 10.9 Å². The van der Waals surface area contributed by atoms with Gasteiger partial charge in [-0.15, -0.1) is 0 Å². The third-order valence-corrected chi connectivity index (χ3v) is 11.1. The van der Waals surface area contributed by atoms with Crippen LogP contribution in [0.5, 0.6) is 0 Å². The van der Waals surface area contributed by atoms with Crippen molar-refractivity contribution in [3.8, 4) is 11.3 Å². The normalized spacial score (nSPS) is 12.6. The Labute approximate surface area is 194 Å². The summed E-state index contributed by atoms with van der Waals surface area (Å²) in [7, 11) is 1.16. The van der Waals surface area contributed by atoms with Crippen LogP contribution in [0.1, 0.15) is 16.7 Å². The molecule has 0 aliphatic carbocycles. The van der Waals surface area contributed by atoms with Crippen LogP contribution in [-0.4, -0.2) is 53.1 Å². The van der Waals surface area contributed by atoms with Crippen LogP contribution in [0.3, 0.4) is 0 Å². The van der Waals surface area contributed by atoms with Crippen molar-refractivity contribution in [3.05, 3.63) is 71.7 Å². The quantitative estimate of drug-likeness (QED) is 0.211. The summed E-state index contributed by atoms with van der Waals surface area (Å²) in [6.07, 6.45) is -1.93. The second-order valence-corrected chi connectivity index (χ2v) is 23.1. The molecule has 0 atom stereocenters. The number of halogens is 3. The van der Waals surface area contributed by atoms with Gasteiger partial charge in [0.1, 0.15) is 0 Å². The Balaban J connectivity index is 1.95. The van der Waals surface area contributed by atoms with Gasteiger partial charge in [-0.05, 0) is 0 Å². The number of benzene rings is 2. The van der Waals surface area contributed by atoms with Gasteiger partial charge in [-0.25, -0.2) is 0 Å². The summed E-state index contributed by atoms with van der Waals surface area (Å²) in [5.74, 6) is 4.51. The molecule has 3 aromatic rings. The third kappa shape index (κ3) is 5.76. The Hall–Kier alpha value is -2.82. The van der Waals surface area contributed by atoms with E-state index in [0.29, 0.717) is 21.9 Å². The Morgan fingerprint density at radius 2 is 1.76 bits per heavy atom. The van der Waals surface area contributed by atoms with Crippen LogP contribution in [-0.2, 0) is 11.3 Å². The molecule has 1 aromatic heterocycles. The first-order valence-electron chi connectivity index (χ1n) is 10.1. The SMILES string of the molecule is CN(Cc1ccc(/C(=N\N)c2ccc(-c3cnco3)cc2)c[c]1[Sn]([CH3])([CH3])[CH3])C(=O)C(F)(F)F. The molecule has 2 N–H and O–H groups in total. The van der Waals surface area contributed by atoms with Crippen molar-refractivity contribution in [2.75, 3.05) is 7.05 Å². The number of carbonyl (C=O) groups is 1. The van der Waals surface area contributed by atoms with Crippen molar-refractivity contribution >= 4 is 33.6 Å². The van der Waals surface area contributed by atoms with Crippen LogP contribution >= 0.6 is 0 Å². The maximum absolute atomic E-state index is 12.8. The van der Waals surface area contributed by atoms with Crippen LogP contribution in [0.2, 0.25) is 14.8 Å². The molecule has 0 aliphatic heterocycles. The summed E-state index contributed by atoms with van der Waals surface area (Å²) in [4.78, 5) is 22.7. The molecule has 2 aromatic carbocycles. The summed E-state index contributed by atoms with van der Waals surface area (Å²) in [5.41, 5.74) is 3.67. The second-order valence-electron chi connectivity index (χ2n) is 8.70. The number of hydrogen-bond donors (Lipinski definition) is 1. The average Bonchev–Trinajstić information content (AvgIpc) is 3.28. The van der Waals surface area contributed by atoms with E-state index in [1.165, 1.54) is 6.39 Å². The van der Waals surface area contributed by atoms with Gasteiger partial charge in [-0.1, -0.05) is 0 Å². The molecule has 0 fully saturated rings. The minimum atomic E-state index is -4.91. The van der Waals surface area contributed by atoms with Gasteiger partial charge in [0.25, 0.3) is 0 Å². The summed E-state index contributed by atoms with van der Waals surface area (Å²) in [5, 5.41) is 3.99. The topological polar surface area (TPSA) is 84.7 Å². The Bertz CT molecular complexity index is 1150. The Morgan fingerprint density at radius 1 is 1.12 bits per heavy atom. The number of hydrogen-bond acceptors (Lipinski definition) is 5. The summed E-state index contributed by atoms with van der Waals surface area (Å²) in [6.45, 7) is -0.122. The molecule has 6 nitrogen and oxygen atoms in total. The number of aromatic nitrogens is 1. The van der Waals surface area contributed by atoms with Crippen LogP contribution in [0, 0.1) is 0 Å². The van der Waals surface area contributed by atoms with Gasteiger partial charge in [0.15, 0.2) is 0 Å². The minimum absolute atomic E-state index is 0.122. The standard InChI is InChI=1S/C20H16F3N4O2.3CH3.Sn/c1-27(19(28)20(21,22)23)11-13-2-4-15(5-3-13)18(26-24)16-8-6-14(7-9-16)17-10-25-12-29-17;;;;/h2,4-10,12H,11,24H2,1H3;3*1H3;/b26-18+;;;;. The van der Waals surface area contributed by atoms with Gasteiger partial charge >= 0.3 is 194 Å².